The molecule has 1 saturated heterocycles. The van der Waals surface area contributed by atoms with Crippen molar-refractivity contribution < 1.29 is 9.47 Å². The number of hydrogen-bond donors (Lipinski definition) is 2. The summed E-state index contributed by atoms with van der Waals surface area (Å²) in [6.07, 6.45) is 4.71. The van der Waals surface area contributed by atoms with Crippen LogP contribution in [0.15, 0.2) is 23.3 Å². The average molecular weight is 429 g/mol. The minimum absolute atomic E-state index is 0.114. The van der Waals surface area contributed by atoms with Crippen LogP contribution >= 0.6 is 0 Å². The van der Waals surface area contributed by atoms with Crippen LogP contribution in [-0.4, -0.2) is 74.3 Å². The van der Waals surface area contributed by atoms with Gasteiger partial charge in [0.2, 0.25) is 5.95 Å². The Morgan fingerprint density at radius 3 is 2.69 bits per heavy atom. The Morgan fingerprint density at radius 2 is 2.19 bits per heavy atom. The van der Waals surface area contributed by atoms with Crippen molar-refractivity contribution in [2.24, 2.45) is 0 Å². The first-order chi connectivity index (χ1) is 15.1. The van der Waals surface area contributed by atoms with Gasteiger partial charge < -0.3 is 24.0 Å². The number of nitrogens with one attached hydrogen (secondary N) is 2. The molecule has 6 radical (unpaired) electrons. The van der Waals surface area contributed by atoms with E-state index in [1.165, 1.54) is 12.6 Å². The molecular weight excluding hydrogens is 407 g/mol. The van der Waals surface area contributed by atoms with Crippen molar-refractivity contribution in [3.8, 4) is 6.07 Å². The molecule has 0 bridgehead atoms. The lowest BCUT2D eigenvalue weighted by Crippen LogP contribution is -2.36. The number of H-pyrrole nitrogens is 1. The topological polar surface area (TPSA) is 123 Å². The van der Waals surface area contributed by atoms with Gasteiger partial charge in [0.25, 0.3) is 5.56 Å². The van der Waals surface area contributed by atoms with E-state index >= 15 is 0 Å². The van der Waals surface area contributed by atoms with Crippen LogP contribution in [0.1, 0.15) is 32.0 Å². The molecule has 3 aromatic heterocycles. The number of aromatic nitrogens is 5. The number of nitriles is 1. The molecule has 2 atom stereocenters. The Labute approximate surface area is 189 Å². The zero-order chi connectivity index (χ0) is 23.5. The monoisotopic (exact) mass is 429 g/mol. The number of ether oxygens (including phenoxy) is 2. The normalized spacial score (nSPS) is 16.5. The summed E-state index contributed by atoms with van der Waals surface area (Å²) in [5, 5.41) is 13.5. The van der Waals surface area contributed by atoms with Crippen LogP contribution in [0.5, 0.6) is 0 Å². The molecule has 4 heterocycles. The number of anilines is 2. The van der Waals surface area contributed by atoms with Gasteiger partial charge in [-0.3, -0.25) is 9.89 Å². The molecule has 13 heteroatoms. The number of methoxy groups -OCH3 is 1. The van der Waals surface area contributed by atoms with Gasteiger partial charge in [-0.15, -0.1) is 0 Å². The standard InChI is InChI=1S/C15H14B3N7O2.C4H8O/c1-8(7-27-2)25-10(4-19)3-9-5-20-14(22-12(9)25)21-11-6-24(15(16,17)18)23-13(11)26;1-4-2-3-5-4/h3,5-6,8H,7H2,1-2H3,(H,23,26)(H,20,21,22);4H,2-3H2,1H3/t8-;/m0./s1. The van der Waals surface area contributed by atoms with Crippen LogP contribution in [0.25, 0.3) is 11.0 Å². The fourth-order valence-corrected chi connectivity index (χ4v) is 3.08. The highest BCUT2D eigenvalue weighted by Crippen LogP contribution is 2.23. The first-order valence-electron chi connectivity index (χ1n) is 9.98. The number of rotatable bonds is 6. The van der Waals surface area contributed by atoms with Crippen molar-refractivity contribution in [3.63, 3.8) is 0 Å². The second-order valence-corrected chi connectivity index (χ2v) is 7.62. The Hall–Kier alpha value is -2.97. The maximum atomic E-state index is 12.0. The lowest BCUT2D eigenvalue weighted by atomic mass is 9.49. The van der Waals surface area contributed by atoms with Crippen LogP contribution in [0, 0.1) is 11.3 Å². The lowest BCUT2D eigenvalue weighted by Gasteiger charge is -2.21. The summed E-state index contributed by atoms with van der Waals surface area (Å²) >= 11 is 0. The summed E-state index contributed by atoms with van der Waals surface area (Å²) < 4.78 is 12.9. The van der Waals surface area contributed by atoms with Gasteiger partial charge in [0.05, 0.1) is 42.3 Å². The van der Waals surface area contributed by atoms with E-state index in [9.17, 15) is 10.1 Å². The Bertz CT molecular complexity index is 1170. The first kappa shape index (κ1) is 23.7. The molecule has 0 spiro atoms. The van der Waals surface area contributed by atoms with Gasteiger partial charge in [0.1, 0.15) is 23.1 Å². The van der Waals surface area contributed by atoms with Crippen LogP contribution in [0.4, 0.5) is 11.6 Å². The molecular formula is C19H22B3N7O3. The Morgan fingerprint density at radius 1 is 1.50 bits per heavy atom. The molecule has 0 aromatic carbocycles. The quantitative estimate of drug-likeness (QED) is 0.551. The highest BCUT2D eigenvalue weighted by Gasteiger charge is 2.18. The van der Waals surface area contributed by atoms with Gasteiger partial charge in [0.15, 0.2) is 0 Å². The van der Waals surface area contributed by atoms with Gasteiger partial charge >= 0.3 is 0 Å². The minimum Gasteiger partial charge on any atom is -0.383 e. The number of fused-ring (bicyclic) bond motifs is 1. The Balaban J connectivity index is 0.000000509. The van der Waals surface area contributed by atoms with Crippen LogP contribution in [0.3, 0.4) is 0 Å². The maximum absolute atomic E-state index is 12.0. The van der Waals surface area contributed by atoms with Crippen molar-refractivity contribution in [1.82, 2.24) is 24.3 Å². The summed E-state index contributed by atoms with van der Waals surface area (Å²) in [6, 6.07) is 3.71. The average Bonchev–Trinajstić information content (AvgIpc) is 3.27. The molecule has 1 aliphatic rings. The number of nitrogens with zero attached hydrogens (tertiary/aromatic N) is 5. The molecule has 160 valence electrons. The predicted molar refractivity (Wildman–Crippen MR) is 122 cm³/mol. The zero-order valence-corrected chi connectivity index (χ0v) is 18.2. The predicted octanol–water partition coefficient (Wildman–Crippen LogP) is 0.612. The summed E-state index contributed by atoms with van der Waals surface area (Å²) in [7, 11) is 18.2. The number of aromatic amines is 1. The first-order valence-corrected chi connectivity index (χ1v) is 9.98. The van der Waals surface area contributed by atoms with Crippen molar-refractivity contribution in [3.05, 3.63) is 34.5 Å². The third-order valence-corrected chi connectivity index (χ3v) is 4.85. The molecule has 32 heavy (non-hydrogen) atoms. The molecule has 1 aliphatic heterocycles. The van der Waals surface area contributed by atoms with Crippen LogP contribution in [-0.2, 0) is 14.7 Å². The van der Waals surface area contributed by atoms with Gasteiger partial charge in [-0.1, -0.05) is 0 Å². The van der Waals surface area contributed by atoms with Gasteiger partial charge in [-0.2, -0.15) is 10.2 Å². The molecule has 0 aliphatic carbocycles. The lowest BCUT2D eigenvalue weighted by molar-refractivity contribution is -0.0375. The van der Waals surface area contributed by atoms with Gasteiger partial charge in [0, 0.05) is 31.5 Å². The molecule has 3 aromatic rings. The van der Waals surface area contributed by atoms with E-state index in [0.717, 1.165) is 11.3 Å². The van der Waals surface area contributed by atoms with E-state index in [1.54, 1.807) is 23.9 Å². The van der Waals surface area contributed by atoms with E-state index in [1.807, 2.05) is 6.92 Å². The fourth-order valence-electron chi connectivity index (χ4n) is 3.08. The second-order valence-electron chi connectivity index (χ2n) is 7.62. The maximum Gasteiger partial charge on any atom is 0.287 e. The molecule has 1 unspecified atom stereocenters. The third-order valence-electron chi connectivity index (χ3n) is 4.85. The van der Waals surface area contributed by atoms with Crippen LogP contribution in [0.2, 0.25) is 0 Å². The van der Waals surface area contributed by atoms with E-state index < -0.39 is 10.8 Å². The summed E-state index contributed by atoms with van der Waals surface area (Å²) in [6.45, 7) is 5.39. The third kappa shape index (κ3) is 5.26. The molecule has 0 amide bonds. The van der Waals surface area contributed by atoms with Gasteiger partial charge in [-0.05, 0) is 31.6 Å². The number of hydrogen-bond acceptors (Lipinski definition) is 7. The van der Waals surface area contributed by atoms with E-state index in [0.29, 0.717) is 29.4 Å². The van der Waals surface area contributed by atoms with E-state index in [2.05, 4.69) is 33.4 Å². The summed E-state index contributed by atoms with van der Waals surface area (Å²) in [5.41, 5.74) is 0.591. The summed E-state index contributed by atoms with van der Waals surface area (Å²) in [4.78, 5) is 20.6. The van der Waals surface area contributed by atoms with Crippen LogP contribution < -0.4 is 10.9 Å². The van der Waals surface area contributed by atoms with E-state index in [-0.39, 0.29) is 17.7 Å². The smallest absolute Gasteiger partial charge is 0.287 e. The minimum atomic E-state index is -1.75. The largest absolute Gasteiger partial charge is 0.383 e. The molecule has 4 rings (SSSR count). The molecule has 10 nitrogen and oxygen atoms in total. The van der Waals surface area contributed by atoms with Gasteiger partial charge in [-0.25, -0.2) is 4.98 Å². The zero-order valence-electron chi connectivity index (χ0n) is 18.2. The van der Waals surface area contributed by atoms with Crippen molar-refractivity contribution in [2.45, 2.75) is 37.7 Å². The Kier molecular flexibility index (Phi) is 7.16. The van der Waals surface area contributed by atoms with Crippen molar-refractivity contribution >= 4 is 46.2 Å². The highest BCUT2D eigenvalue weighted by atomic mass is 16.5. The summed E-state index contributed by atoms with van der Waals surface area (Å²) in [5.74, 6) is 0.163. The molecule has 0 saturated carbocycles. The molecule has 2 N–H and O–H groups in total. The highest BCUT2D eigenvalue weighted by molar-refractivity contribution is 6.56. The van der Waals surface area contributed by atoms with Crippen molar-refractivity contribution in [2.75, 3.05) is 25.6 Å². The fraction of sp³-hybridized carbons (Fsp3) is 0.474. The van der Waals surface area contributed by atoms with E-state index in [4.69, 9.17) is 33.0 Å². The van der Waals surface area contributed by atoms with Crippen molar-refractivity contribution in [1.29, 1.82) is 5.26 Å². The molecule has 1 fully saturated rings. The second kappa shape index (κ2) is 9.67. The SMILES string of the molecule is CC1CCO1.[B]C([B])([B])n1cc(Nc2ncc3cc(C#N)n([C@@H](C)COC)c3n2)c(=O)[nH]1.